The van der Waals surface area contributed by atoms with Crippen LogP contribution in [0.3, 0.4) is 0 Å². The molecular formula is C10H11NO2. The summed E-state index contributed by atoms with van der Waals surface area (Å²) in [6.07, 6.45) is 4.74. The first kappa shape index (κ1) is 9.32. The Morgan fingerprint density at radius 2 is 2.15 bits per heavy atom. The zero-order valence-electron chi connectivity index (χ0n) is 7.34. The fourth-order valence-electron chi connectivity index (χ4n) is 0.989. The lowest BCUT2D eigenvalue weighted by Gasteiger charge is -2.02. The van der Waals surface area contributed by atoms with Crippen LogP contribution in [-0.4, -0.2) is 18.5 Å². The standard InChI is InChI=1S/C10H11NO2/c1-13-10-7-3-2-5-9(10)6-4-8-11-12/h2-8,12H,1H3. The molecule has 1 aromatic carbocycles. The summed E-state index contributed by atoms with van der Waals surface area (Å²) in [5.74, 6) is 0.796. The Bertz CT molecular complexity index is 318. The van der Waals surface area contributed by atoms with Gasteiger partial charge in [0.25, 0.3) is 0 Å². The Morgan fingerprint density at radius 1 is 1.38 bits per heavy atom. The predicted octanol–water partition coefficient (Wildman–Crippen LogP) is 2.17. The molecule has 0 unspecified atom stereocenters. The van der Waals surface area contributed by atoms with Crippen LogP contribution in [0.5, 0.6) is 5.75 Å². The number of methoxy groups -OCH3 is 1. The molecule has 1 aromatic rings. The van der Waals surface area contributed by atoms with Crippen LogP contribution >= 0.6 is 0 Å². The van der Waals surface area contributed by atoms with Crippen LogP contribution in [0, 0.1) is 0 Å². The van der Waals surface area contributed by atoms with Crippen LogP contribution in [0.4, 0.5) is 0 Å². The van der Waals surface area contributed by atoms with E-state index >= 15 is 0 Å². The smallest absolute Gasteiger partial charge is 0.126 e. The highest BCUT2D eigenvalue weighted by Crippen LogP contribution is 2.18. The molecule has 0 heterocycles. The molecule has 0 aromatic heterocycles. The van der Waals surface area contributed by atoms with Crippen molar-refractivity contribution in [2.45, 2.75) is 0 Å². The number of para-hydroxylation sites is 1. The molecule has 0 aliphatic heterocycles. The van der Waals surface area contributed by atoms with Gasteiger partial charge in [0.2, 0.25) is 0 Å². The van der Waals surface area contributed by atoms with Gasteiger partial charge >= 0.3 is 0 Å². The Balaban J connectivity index is 2.86. The molecule has 0 aliphatic carbocycles. The second-order valence-corrected chi connectivity index (χ2v) is 2.37. The molecule has 0 atom stereocenters. The quantitative estimate of drug-likeness (QED) is 0.436. The van der Waals surface area contributed by atoms with Gasteiger partial charge < -0.3 is 9.94 Å². The molecule has 0 radical (unpaired) electrons. The fraction of sp³-hybridized carbons (Fsp3) is 0.100. The molecule has 0 bridgehead atoms. The molecule has 0 spiro atoms. The van der Waals surface area contributed by atoms with E-state index in [1.54, 1.807) is 19.3 Å². The van der Waals surface area contributed by atoms with Gasteiger partial charge in [-0.3, -0.25) is 0 Å². The van der Waals surface area contributed by atoms with E-state index in [0.29, 0.717) is 0 Å². The van der Waals surface area contributed by atoms with Gasteiger partial charge in [0, 0.05) is 5.56 Å². The molecule has 68 valence electrons. The number of oxime groups is 1. The third-order valence-corrected chi connectivity index (χ3v) is 1.57. The minimum atomic E-state index is 0.796. The maximum atomic E-state index is 8.16. The van der Waals surface area contributed by atoms with Gasteiger partial charge in [-0.1, -0.05) is 23.4 Å². The molecule has 1 N–H and O–H groups in total. The van der Waals surface area contributed by atoms with Gasteiger partial charge in [0.05, 0.1) is 13.3 Å². The lowest BCUT2D eigenvalue weighted by molar-refractivity contribution is 0.322. The normalized spacial score (nSPS) is 11.2. The molecule has 0 fully saturated rings. The lowest BCUT2D eigenvalue weighted by Crippen LogP contribution is -1.85. The Hall–Kier alpha value is -1.77. The van der Waals surface area contributed by atoms with Crippen molar-refractivity contribution in [2.24, 2.45) is 5.16 Å². The van der Waals surface area contributed by atoms with Gasteiger partial charge in [-0.25, -0.2) is 0 Å². The summed E-state index contributed by atoms with van der Waals surface area (Å²) >= 11 is 0. The van der Waals surface area contributed by atoms with Crippen molar-refractivity contribution < 1.29 is 9.94 Å². The van der Waals surface area contributed by atoms with Crippen molar-refractivity contribution >= 4 is 12.3 Å². The van der Waals surface area contributed by atoms with Crippen molar-refractivity contribution in [1.29, 1.82) is 0 Å². The van der Waals surface area contributed by atoms with Crippen LogP contribution < -0.4 is 4.74 Å². The number of nitrogens with zero attached hydrogens (tertiary/aromatic N) is 1. The minimum Gasteiger partial charge on any atom is -0.496 e. The van der Waals surface area contributed by atoms with Crippen LogP contribution in [0.15, 0.2) is 35.5 Å². The summed E-state index contributed by atoms with van der Waals surface area (Å²) in [6, 6.07) is 7.60. The lowest BCUT2D eigenvalue weighted by atomic mass is 10.2. The van der Waals surface area contributed by atoms with Crippen LogP contribution in [0.2, 0.25) is 0 Å². The molecule has 0 saturated carbocycles. The van der Waals surface area contributed by atoms with Crippen molar-refractivity contribution in [3.8, 4) is 5.75 Å². The van der Waals surface area contributed by atoms with Crippen molar-refractivity contribution in [2.75, 3.05) is 7.11 Å². The molecule has 0 saturated heterocycles. The average Bonchev–Trinajstić information content (AvgIpc) is 2.19. The molecule has 0 aliphatic rings. The van der Waals surface area contributed by atoms with E-state index in [1.807, 2.05) is 24.3 Å². The van der Waals surface area contributed by atoms with Gasteiger partial charge in [-0.15, -0.1) is 0 Å². The zero-order valence-corrected chi connectivity index (χ0v) is 7.34. The number of hydrogen-bond acceptors (Lipinski definition) is 3. The van der Waals surface area contributed by atoms with Gasteiger partial charge in [0.15, 0.2) is 0 Å². The highest BCUT2D eigenvalue weighted by Gasteiger charge is 1.94. The first-order valence-corrected chi connectivity index (χ1v) is 3.85. The average molecular weight is 177 g/mol. The van der Waals surface area contributed by atoms with Gasteiger partial charge in [-0.05, 0) is 18.2 Å². The molecule has 3 nitrogen and oxygen atoms in total. The Labute approximate surface area is 77.0 Å². The van der Waals surface area contributed by atoms with E-state index in [9.17, 15) is 0 Å². The first-order valence-electron chi connectivity index (χ1n) is 3.85. The van der Waals surface area contributed by atoms with Gasteiger partial charge in [0.1, 0.15) is 5.75 Å². The SMILES string of the molecule is COc1ccccc1C=CC=NO. The van der Waals surface area contributed by atoms with E-state index in [0.717, 1.165) is 11.3 Å². The maximum absolute atomic E-state index is 8.16. The van der Waals surface area contributed by atoms with E-state index in [-0.39, 0.29) is 0 Å². The summed E-state index contributed by atoms with van der Waals surface area (Å²) in [5, 5.41) is 11.0. The zero-order chi connectivity index (χ0) is 9.52. The molecule has 0 amide bonds. The molecule has 3 heteroatoms. The first-order chi connectivity index (χ1) is 6.38. The Kier molecular flexibility index (Phi) is 3.57. The third kappa shape index (κ3) is 2.63. The van der Waals surface area contributed by atoms with E-state index in [1.165, 1.54) is 6.21 Å². The largest absolute Gasteiger partial charge is 0.496 e. The third-order valence-electron chi connectivity index (χ3n) is 1.57. The predicted molar refractivity (Wildman–Crippen MR) is 52.3 cm³/mol. The maximum Gasteiger partial charge on any atom is 0.126 e. The summed E-state index contributed by atoms with van der Waals surface area (Å²) in [6.45, 7) is 0. The summed E-state index contributed by atoms with van der Waals surface area (Å²) in [5.41, 5.74) is 0.949. The van der Waals surface area contributed by atoms with E-state index in [4.69, 9.17) is 9.94 Å². The number of rotatable bonds is 3. The number of allylic oxidation sites excluding steroid dienone is 1. The molecule has 1 rings (SSSR count). The van der Waals surface area contributed by atoms with Crippen molar-refractivity contribution in [3.63, 3.8) is 0 Å². The molecular weight excluding hydrogens is 166 g/mol. The van der Waals surface area contributed by atoms with Crippen molar-refractivity contribution in [1.82, 2.24) is 0 Å². The fourth-order valence-corrected chi connectivity index (χ4v) is 0.989. The minimum absolute atomic E-state index is 0.796. The Morgan fingerprint density at radius 3 is 2.85 bits per heavy atom. The monoisotopic (exact) mass is 177 g/mol. The second-order valence-electron chi connectivity index (χ2n) is 2.37. The van der Waals surface area contributed by atoms with E-state index < -0.39 is 0 Å². The number of ether oxygens (including phenoxy) is 1. The van der Waals surface area contributed by atoms with Crippen molar-refractivity contribution in [3.05, 3.63) is 35.9 Å². The van der Waals surface area contributed by atoms with Crippen LogP contribution in [0.1, 0.15) is 5.56 Å². The summed E-state index contributed by atoms with van der Waals surface area (Å²) in [7, 11) is 1.62. The topological polar surface area (TPSA) is 41.8 Å². The van der Waals surface area contributed by atoms with Crippen LogP contribution in [0.25, 0.3) is 6.08 Å². The van der Waals surface area contributed by atoms with Gasteiger partial charge in [-0.2, -0.15) is 0 Å². The highest BCUT2D eigenvalue weighted by molar-refractivity contribution is 5.78. The summed E-state index contributed by atoms with van der Waals surface area (Å²) in [4.78, 5) is 0. The molecule has 13 heavy (non-hydrogen) atoms. The highest BCUT2D eigenvalue weighted by atomic mass is 16.5. The second kappa shape index (κ2) is 4.98. The van der Waals surface area contributed by atoms with Crippen LogP contribution in [-0.2, 0) is 0 Å². The van der Waals surface area contributed by atoms with E-state index in [2.05, 4.69) is 5.16 Å². The number of hydrogen-bond donors (Lipinski definition) is 1. The number of benzene rings is 1. The summed E-state index contributed by atoms with van der Waals surface area (Å²) < 4.78 is 5.12.